The molecule has 0 saturated heterocycles. The molecule has 26 heavy (non-hydrogen) atoms. The lowest BCUT2D eigenvalue weighted by molar-refractivity contribution is 0.104. The van der Waals surface area contributed by atoms with E-state index in [4.69, 9.17) is 0 Å². The molecule has 4 aromatic rings. The first-order valence-corrected chi connectivity index (χ1v) is 8.05. The van der Waals surface area contributed by atoms with Gasteiger partial charge in [0.05, 0.1) is 16.6 Å². The van der Waals surface area contributed by atoms with E-state index in [-0.39, 0.29) is 16.8 Å². The SMILES string of the molecule is O=C1c2ccccc2-c2nc3[nH]c(=O)[nH]c(=O)c3c(-c3ccccc3)c21. The summed E-state index contributed by atoms with van der Waals surface area (Å²) in [4.78, 5) is 46.6. The minimum Gasteiger partial charge on any atom is -0.291 e. The van der Waals surface area contributed by atoms with Gasteiger partial charge in [-0.1, -0.05) is 54.6 Å². The van der Waals surface area contributed by atoms with Gasteiger partial charge in [0, 0.05) is 16.7 Å². The van der Waals surface area contributed by atoms with Crippen molar-refractivity contribution < 1.29 is 4.79 Å². The average Bonchev–Trinajstić information content (AvgIpc) is 2.93. The standard InChI is InChI=1S/C20H11N3O3/c24-17-12-9-5-4-8-11(12)16-14(17)13(10-6-2-1-3-7-10)15-18(21-16)22-20(26)23-19(15)25/h1-9H,(H2,21,22,23,25,26). The zero-order valence-corrected chi connectivity index (χ0v) is 13.4. The number of carbonyl (C=O) groups is 1. The van der Waals surface area contributed by atoms with Crippen LogP contribution in [0.2, 0.25) is 0 Å². The van der Waals surface area contributed by atoms with Gasteiger partial charge in [-0.2, -0.15) is 0 Å². The monoisotopic (exact) mass is 341 g/mol. The number of ketones is 1. The number of rotatable bonds is 1. The van der Waals surface area contributed by atoms with Crippen molar-refractivity contribution in [2.75, 3.05) is 0 Å². The van der Waals surface area contributed by atoms with E-state index in [1.807, 2.05) is 42.5 Å². The van der Waals surface area contributed by atoms with Gasteiger partial charge in [-0.3, -0.25) is 19.6 Å². The molecule has 0 unspecified atom stereocenters. The Kier molecular flexibility index (Phi) is 2.85. The summed E-state index contributed by atoms with van der Waals surface area (Å²) in [6.45, 7) is 0. The Balaban J connectivity index is 2.04. The Bertz CT molecular complexity index is 1330. The number of hydrogen-bond acceptors (Lipinski definition) is 4. The van der Waals surface area contributed by atoms with E-state index in [0.29, 0.717) is 27.9 Å². The third kappa shape index (κ3) is 1.86. The second-order valence-corrected chi connectivity index (χ2v) is 6.08. The van der Waals surface area contributed by atoms with Crippen LogP contribution in [0.5, 0.6) is 0 Å². The van der Waals surface area contributed by atoms with Gasteiger partial charge in [0.15, 0.2) is 5.78 Å². The molecule has 2 aromatic carbocycles. The Morgan fingerprint density at radius 3 is 2.19 bits per heavy atom. The van der Waals surface area contributed by atoms with E-state index in [1.165, 1.54) is 0 Å². The van der Waals surface area contributed by atoms with Crippen molar-refractivity contribution in [1.29, 1.82) is 0 Å². The largest absolute Gasteiger partial charge is 0.327 e. The van der Waals surface area contributed by atoms with Gasteiger partial charge in [-0.05, 0) is 5.56 Å². The Morgan fingerprint density at radius 1 is 0.731 bits per heavy atom. The van der Waals surface area contributed by atoms with Crippen LogP contribution < -0.4 is 11.2 Å². The highest BCUT2D eigenvalue weighted by molar-refractivity contribution is 6.26. The fourth-order valence-corrected chi connectivity index (χ4v) is 3.53. The molecule has 6 nitrogen and oxygen atoms in total. The maximum atomic E-state index is 13.1. The number of nitrogens with zero attached hydrogens (tertiary/aromatic N) is 1. The number of carbonyl (C=O) groups excluding carboxylic acids is 1. The van der Waals surface area contributed by atoms with Crippen LogP contribution in [-0.2, 0) is 0 Å². The third-order valence-electron chi connectivity index (χ3n) is 4.60. The highest BCUT2D eigenvalue weighted by Gasteiger charge is 2.33. The van der Waals surface area contributed by atoms with Gasteiger partial charge < -0.3 is 0 Å². The molecule has 0 spiro atoms. The topological polar surface area (TPSA) is 95.7 Å². The molecule has 2 heterocycles. The van der Waals surface area contributed by atoms with Crippen LogP contribution in [0.1, 0.15) is 15.9 Å². The van der Waals surface area contributed by atoms with E-state index in [9.17, 15) is 14.4 Å². The van der Waals surface area contributed by atoms with Crippen LogP contribution >= 0.6 is 0 Å². The zero-order chi connectivity index (χ0) is 17.8. The first-order chi connectivity index (χ1) is 12.6. The first kappa shape index (κ1) is 14.5. The highest BCUT2D eigenvalue weighted by atomic mass is 16.2. The summed E-state index contributed by atoms with van der Waals surface area (Å²) in [5.41, 5.74) is 2.29. The fourth-order valence-electron chi connectivity index (χ4n) is 3.53. The molecule has 0 atom stereocenters. The van der Waals surface area contributed by atoms with Crippen LogP contribution in [0.15, 0.2) is 64.2 Å². The molecule has 0 amide bonds. The molecule has 5 rings (SSSR count). The summed E-state index contributed by atoms with van der Waals surface area (Å²) in [6.07, 6.45) is 0. The van der Waals surface area contributed by atoms with E-state index >= 15 is 0 Å². The van der Waals surface area contributed by atoms with E-state index in [2.05, 4.69) is 15.0 Å². The predicted molar refractivity (Wildman–Crippen MR) is 97.3 cm³/mol. The Hall–Kier alpha value is -3.80. The van der Waals surface area contributed by atoms with Gasteiger partial charge in [0.1, 0.15) is 5.65 Å². The van der Waals surface area contributed by atoms with Crippen molar-refractivity contribution in [2.45, 2.75) is 0 Å². The number of aromatic nitrogens is 3. The summed E-state index contributed by atoms with van der Waals surface area (Å²) in [7, 11) is 0. The van der Waals surface area contributed by atoms with Crippen molar-refractivity contribution >= 4 is 16.8 Å². The van der Waals surface area contributed by atoms with Crippen LogP contribution in [0.4, 0.5) is 0 Å². The molecule has 124 valence electrons. The smallest absolute Gasteiger partial charge is 0.291 e. The lowest BCUT2D eigenvalue weighted by Crippen LogP contribution is -2.23. The molecular weight excluding hydrogens is 330 g/mol. The van der Waals surface area contributed by atoms with Crippen molar-refractivity contribution in [3.05, 3.63) is 86.6 Å². The molecular formula is C20H11N3O3. The number of fused-ring (bicyclic) bond motifs is 4. The second kappa shape index (κ2) is 5.10. The lowest BCUT2D eigenvalue weighted by atomic mass is 9.95. The van der Waals surface area contributed by atoms with Gasteiger partial charge >= 0.3 is 5.69 Å². The number of benzene rings is 2. The van der Waals surface area contributed by atoms with Crippen LogP contribution in [-0.4, -0.2) is 20.7 Å². The minimum atomic E-state index is -0.633. The molecule has 0 saturated carbocycles. The molecule has 0 fully saturated rings. The van der Waals surface area contributed by atoms with Crippen molar-refractivity contribution in [2.24, 2.45) is 0 Å². The van der Waals surface area contributed by atoms with Crippen LogP contribution in [0.3, 0.4) is 0 Å². The van der Waals surface area contributed by atoms with E-state index in [0.717, 1.165) is 5.56 Å². The summed E-state index contributed by atoms with van der Waals surface area (Å²) in [6, 6.07) is 16.4. The van der Waals surface area contributed by atoms with Crippen molar-refractivity contribution in [3.8, 4) is 22.4 Å². The number of hydrogen-bond donors (Lipinski definition) is 2. The second-order valence-electron chi connectivity index (χ2n) is 6.08. The molecule has 6 heteroatoms. The summed E-state index contributed by atoms with van der Waals surface area (Å²) < 4.78 is 0. The lowest BCUT2D eigenvalue weighted by Gasteiger charge is -2.11. The normalized spacial score (nSPS) is 12.2. The Labute approximate surface area is 146 Å². The molecule has 0 bridgehead atoms. The van der Waals surface area contributed by atoms with E-state index in [1.54, 1.807) is 12.1 Å². The molecule has 2 N–H and O–H groups in total. The van der Waals surface area contributed by atoms with Gasteiger partial charge in [-0.15, -0.1) is 0 Å². The Morgan fingerprint density at radius 2 is 1.42 bits per heavy atom. The van der Waals surface area contributed by atoms with E-state index < -0.39 is 11.2 Å². The average molecular weight is 341 g/mol. The summed E-state index contributed by atoms with van der Waals surface area (Å²) in [5, 5.41) is 0.204. The molecule has 0 aliphatic heterocycles. The van der Waals surface area contributed by atoms with Crippen molar-refractivity contribution in [3.63, 3.8) is 0 Å². The number of aromatic amines is 2. The quantitative estimate of drug-likeness (QED) is 0.490. The summed E-state index contributed by atoms with van der Waals surface area (Å²) in [5.74, 6) is -0.172. The number of H-pyrrole nitrogens is 2. The maximum Gasteiger partial charge on any atom is 0.327 e. The number of nitrogens with one attached hydrogen (secondary N) is 2. The predicted octanol–water partition coefficient (Wildman–Crippen LogP) is 2.49. The third-order valence-corrected chi connectivity index (χ3v) is 4.60. The summed E-state index contributed by atoms with van der Waals surface area (Å²) >= 11 is 0. The van der Waals surface area contributed by atoms with Gasteiger partial charge in [0.2, 0.25) is 0 Å². The minimum absolute atomic E-state index is 0.167. The number of pyridine rings is 1. The highest BCUT2D eigenvalue weighted by Crippen LogP contribution is 2.42. The van der Waals surface area contributed by atoms with Gasteiger partial charge in [0.25, 0.3) is 5.56 Å². The van der Waals surface area contributed by atoms with Gasteiger partial charge in [-0.25, -0.2) is 9.78 Å². The molecule has 0 radical (unpaired) electrons. The van der Waals surface area contributed by atoms with Crippen LogP contribution in [0.25, 0.3) is 33.4 Å². The molecule has 2 aromatic heterocycles. The molecule has 1 aliphatic rings. The maximum absolute atomic E-state index is 13.1. The fraction of sp³-hybridized carbons (Fsp3) is 0. The van der Waals surface area contributed by atoms with Crippen molar-refractivity contribution in [1.82, 2.24) is 15.0 Å². The zero-order valence-electron chi connectivity index (χ0n) is 13.4. The van der Waals surface area contributed by atoms with Crippen LogP contribution in [0, 0.1) is 0 Å². The first-order valence-electron chi connectivity index (χ1n) is 8.05. The molecule has 1 aliphatic carbocycles.